The van der Waals surface area contributed by atoms with Gasteiger partial charge in [0, 0.05) is 47.9 Å². The normalized spacial score (nSPS) is 14.5. The molecule has 2 aromatic heterocycles. The van der Waals surface area contributed by atoms with E-state index in [1.165, 1.54) is 32.4 Å². The highest BCUT2D eigenvalue weighted by Gasteiger charge is 2.21. The van der Waals surface area contributed by atoms with Gasteiger partial charge in [-0.3, -0.25) is 4.79 Å². The number of aromatic amines is 1. The molecule has 1 aliphatic heterocycles. The van der Waals surface area contributed by atoms with Gasteiger partial charge in [0.05, 0.1) is 18.1 Å². The number of carbonyl (C=O) groups is 1. The molecule has 0 saturated carbocycles. The Kier molecular flexibility index (Phi) is 9.88. The molecule has 7 nitrogen and oxygen atoms in total. The second-order valence-electron chi connectivity index (χ2n) is 12.8. The third-order valence-electron chi connectivity index (χ3n) is 8.67. The molecule has 1 amide bonds. The molecule has 4 aromatic rings. The number of carbonyl (C=O) groups excluding carboxylic acids is 1. The highest BCUT2D eigenvalue weighted by molar-refractivity contribution is 6.00. The van der Waals surface area contributed by atoms with Crippen molar-refractivity contribution in [3.63, 3.8) is 0 Å². The maximum atomic E-state index is 13.9. The SMILES string of the molecule is COc1ccc2[nH]cc(-c3nc4ccc(C(=O)N(CCC(C)C)CCC(C)C)cc4n3CCCN3CCCCC3)c2c1. The van der Waals surface area contributed by atoms with Crippen molar-refractivity contribution in [2.75, 3.05) is 39.8 Å². The number of methoxy groups -OCH3 is 1. The summed E-state index contributed by atoms with van der Waals surface area (Å²) in [5.41, 5.74) is 4.81. The van der Waals surface area contributed by atoms with Crippen molar-refractivity contribution >= 4 is 27.8 Å². The monoisotopic (exact) mass is 571 g/mol. The number of aromatic nitrogens is 3. The van der Waals surface area contributed by atoms with Gasteiger partial charge in [-0.15, -0.1) is 0 Å². The Hall–Kier alpha value is -3.32. The van der Waals surface area contributed by atoms with Gasteiger partial charge in [0.2, 0.25) is 0 Å². The van der Waals surface area contributed by atoms with Gasteiger partial charge in [-0.25, -0.2) is 4.98 Å². The number of hydrogen-bond acceptors (Lipinski definition) is 4. The average molecular weight is 572 g/mol. The number of ether oxygens (including phenoxy) is 1. The summed E-state index contributed by atoms with van der Waals surface area (Å²) in [6.07, 6.45) is 9.05. The molecule has 1 aliphatic rings. The van der Waals surface area contributed by atoms with Crippen LogP contribution in [-0.2, 0) is 6.54 Å². The summed E-state index contributed by atoms with van der Waals surface area (Å²) in [5.74, 6) is 3.00. The molecule has 1 saturated heterocycles. The number of benzene rings is 2. The number of rotatable bonds is 13. The van der Waals surface area contributed by atoms with Crippen LogP contribution in [0.2, 0.25) is 0 Å². The number of fused-ring (bicyclic) bond motifs is 2. The van der Waals surface area contributed by atoms with Crippen molar-refractivity contribution < 1.29 is 9.53 Å². The fourth-order valence-corrected chi connectivity index (χ4v) is 6.06. The van der Waals surface area contributed by atoms with E-state index >= 15 is 0 Å². The van der Waals surface area contributed by atoms with Crippen LogP contribution in [0.4, 0.5) is 0 Å². The van der Waals surface area contributed by atoms with E-state index in [2.05, 4.69) is 71.4 Å². The van der Waals surface area contributed by atoms with Crippen LogP contribution >= 0.6 is 0 Å². The van der Waals surface area contributed by atoms with Gasteiger partial charge in [0.25, 0.3) is 5.91 Å². The summed E-state index contributed by atoms with van der Waals surface area (Å²) in [5, 5.41) is 1.09. The zero-order valence-corrected chi connectivity index (χ0v) is 26.3. The minimum absolute atomic E-state index is 0.123. The average Bonchev–Trinajstić information content (AvgIpc) is 3.57. The third kappa shape index (κ3) is 7.00. The Morgan fingerprint density at radius 2 is 1.71 bits per heavy atom. The van der Waals surface area contributed by atoms with Crippen LogP contribution in [0.3, 0.4) is 0 Å². The molecular weight excluding hydrogens is 522 g/mol. The number of hydrogen-bond donors (Lipinski definition) is 1. The lowest BCUT2D eigenvalue weighted by Gasteiger charge is -2.26. The molecule has 2 aromatic carbocycles. The molecule has 0 unspecified atom stereocenters. The van der Waals surface area contributed by atoms with E-state index in [4.69, 9.17) is 9.72 Å². The molecule has 0 atom stereocenters. The lowest BCUT2D eigenvalue weighted by molar-refractivity contribution is 0.0741. The molecule has 0 bridgehead atoms. The van der Waals surface area contributed by atoms with E-state index < -0.39 is 0 Å². The van der Waals surface area contributed by atoms with Crippen LogP contribution in [0, 0.1) is 11.8 Å². The zero-order valence-electron chi connectivity index (χ0n) is 26.3. The van der Waals surface area contributed by atoms with Crippen LogP contribution in [-0.4, -0.2) is 70.1 Å². The van der Waals surface area contributed by atoms with Crippen LogP contribution < -0.4 is 4.74 Å². The molecule has 7 heteroatoms. The predicted molar refractivity (Wildman–Crippen MR) is 173 cm³/mol. The summed E-state index contributed by atoms with van der Waals surface area (Å²) < 4.78 is 7.89. The van der Waals surface area contributed by atoms with Crippen molar-refractivity contribution in [3.05, 3.63) is 48.2 Å². The molecule has 1 N–H and O–H groups in total. The van der Waals surface area contributed by atoms with Gasteiger partial charge >= 0.3 is 0 Å². The minimum atomic E-state index is 0.123. The van der Waals surface area contributed by atoms with Gasteiger partial charge in [-0.1, -0.05) is 34.1 Å². The molecule has 0 spiro atoms. The Morgan fingerprint density at radius 1 is 0.976 bits per heavy atom. The molecule has 0 aliphatic carbocycles. The lowest BCUT2D eigenvalue weighted by atomic mass is 10.1. The number of H-pyrrole nitrogens is 1. The van der Waals surface area contributed by atoms with Crippen molar-refractivity contribution in [2.45, 2.75) is 72.8 Å². The number of imidazole rings is 1. The Labute approximate surface area is 251 Å². The number of likely N-dealkylation sites (tertiary alicyclic amines) is 1. The van der Waals surface area contributed by atoms with Crippen LogP contribution in [0.1, 0.15) is 76.6 Å². The van der Waals surface area contributed by atoms with Crippen LogP contribution in [0.15, 0.2) is 42.6 Å². The van der Waals surface area contributed by atoms with E-state index in [1.807, 2.05) is 18.2 Å². The van der Waals surface area contributed by atoms with Crippen LogP contribution in [0.25, 0.3) is 33.3 Å². The Balaban J connectivity index is 1.51. The highest BCUT2D eigenvalue weighted by Crippen LogP contribution is 2.33. The maximum Gasteiger partial charge on any atom is 0.253 e. The molecular formula is C35H49N5O2. The van der Waals surface area contributed by atoms with Gasteiger partial charge in [0.15, 0.2) is 0 Å². The van der Waals surface area contributed by atoms with Crippen molar-refractivity contribution in [2.24, 2.45) is 11.8 Å². The van der Waals surface area contributed by atoms with E-state index in [1.54, 1.807) is 7.11 Å². The summed E-state index contributed by atoms with van der Waals surface area (Å²) in [7, 11) is 1.70. The van der Waals surface area contributed by atoms with E-state index in [0.29, 0.717) is 11.8 Å². The standard InChI is InChI=1S/C35H49N5O2/c1-25(2)14-20-39(21-15-26(3)4)35(41)27-10-12-32-33(22-27)40(19-9-18-38-16-7-6-8-17-38)34(37-32)30-24-36-31-13-11-28(42-5)23-29(30)31/h10-13,22-26,36H,6-9,14-21H2,1-5H3. The Bertz CT molecular complexity index is 1470. The summed E-state index contributed by atoms with van der Waals surface area (Å²) in [6, 6.07) is 12.2. The lowest BCUT2D eigenvalue weighted by Crippen LogP contribution is -2.34. The molecule has 226 valence electrons. The first-order chi connectivity index (χ1) is 20.3. The van der Waals surface area contributed by atoms with Crippen molar-refractivity contribution in [3.8, 4) is 17.1 Å². The van der Waals surface area contributed by atoms with E-state index in [0.717, 1.165) is 90.1 Å². The first-order valence-electron chi connectivity index (χ1n) is 16.0. The molecule has 42 heavy (non-hydrogen) atoms. The fourth-order valence-electron chi connectivity index (χ4n) is 6.06. The predicted octanol–water partition coefficient (Wildman–Crippen LogP) is 7.60. The van der Waals surface area contributed by atoms with E-state index in [-0.39, 0.29) is 5.91 Å². The largest absolute Gasteiger partial charge is 0.497 e. The topological polar surface area (TPSA) is 66.4 Å². The smallest absolute Gasteiger partial charge is 0.253 e. The summed E-state index contributed by atoms with van der Waals surface area (Å²) in [6.45, 7) is 14.8. The number of nitrogens with zero attached hydrogens (tertiary/aromatic N) is 4. The first-order valence-corrected chi connectivity index (χ1v) is 16.0. The van der Waals surface area contributed by atoms with Crippen molar-refractivity contribution in [1.29, 1.82) is 0 Å². The number of aryl methyl sites for hydroxylation is 1. The van der Waals surface area contributed by atoms with E-state index in [9.17, 15) is 4.79 Å². The second kappa shape index (κ2) is 13.8. The number of amides is 1. The third-order valence-corrected chi connectivity index (χ3v) is 8.67. The second-order valence-corrected chi connectivity index (χ2v) is 12.8. The summed E-state index contributed by atoms with van der Waals surface area (Å²) in [4.78, 5) is 27.1. The number of nitrogens with one attached hydrogen (secondary N) is 1. The first kappa shape index (κ1) is 30.1. The summed E-state index contributed by atoms with van der Waals surface area (Å²) >= 11 is 0. The quantitative estimate of drug-likeness (QED) is 0.179. The molecule has 0 radical (unpaired) electrons. The van der Waals surface area contributed by atoms with Gasteiger partial charge < -0.3 is 24.1 Å². The van der Waals surface area contributed by atoms with Gasteiger partial charge in [-0.2, -0.15) is 0 Å². The molecule has 1 fully saturated rings. The van der Waals surface area contributed by atoms with Gasteiger partial charge in [-0.05, 0) is 100.0 Å². The maximum absolute atomic E-state index is 13.9. The Morgan fingerprint density at radius 3 is 2.40 bits per heavy atom. The van der Waals surface area contributed by atoms with Crippen molar-refractivity contribution in [1.82, 2.24) is 24.3 Å². The fraction of sp³-hybridized carbons (Fsp3) is 0.543. The highest BCUT2D eigenvalue weighted by atomic mass is 16.5. The van der Waals surface area contributed by atoms with Crippen LogP contribution in [0.5, 0.6) is 5.75 Å². The molecule has 5 rings (SSSR count). The number of piperidine rings is 1. The zero-order chi connectivity index (χ0) is 29.6. The minimum Gasteiger partial charge on any atom is -0.497 e. The molecule has 3 heterocycles. The van der Waals surface area contributed by atoms with Gasteiger partial charge in [0.1, 0.15) is 11.6 Å².